The lowest BCUT2D eigenvalue weighted by atomic mass is 10.1. The molecular weight excluding hydrogens is 337 g/mol. The highest BCUT2D eigenvalue weighted by Gasteiger charge is 2.30. The minimum Gasteiger partial charge on any atom is -0.485 e. The highest BCUT2D eigenvalue weighted by atomic mass is 19.4. The number of nitrogens with zero attached hydrogens (tertiary/aromatic N) is 1. The van der Waals surface area contributed by atoms with Crippen molar-refractivity contribution in [3.05, 3.63) is 52.8 Å². The van der Waals surface area contributed by atoms with Crippen molar-refractivity contribution < 1.29 is 27.5 Å². The number of carbonyl (C=O) groups is 2. The Morgan fingerprint density at radius 2 is 1.80 bits per heavy atom. The zero-order valence-corrected chi connectivity index (χ0v) is 13.7. The molecule has 0 atom stereocenters. The molecule has 0 aliphatic rings. The number of halogens is 3. The number of ether oxygens (including phenoxy) is 1. The van der Waals surface area contributed by atoms with E-state index in [1.807, 2.05) is 0 Å². The molecule has 0 aliphatic carbocycles. The third-order valence-corrected chi connectivity index (χ3v) is 3.72. The van der Waals surface area contributed by atoms with Crippen molar-refractivity contribution in [3.8, 4) is 5.75 Å². The summed E-state index contributed by atoms with van der Waals surface area (Å²) in [5.74, 6) is -1.04. The minimum atomic E-state index is -4.38. The largest absolute Gasteiger partial charge is 0.485 e. The molecule has 25 heavy (non-hydrogen) atoms. The fraction of sp³-hybridized carbons (Fsp3) is 0.294. The summed E-state index contributed by atoms with van der Waals surface area (Å²) < 4.78 is 44.3. The monoisotopic (exact) mass is 354 g/mol. The van der Waals surface area contributed by atoms with Crippen LogP contribution in [0.4, 0.5) is 13.2 Å². The maximum absolute atomic E-state index is 12.6. The van der Waals surface area contributed by atoms with Crippen molar-refractivity contribution in [2.24, 2.45) is 5.73 Å². The van der Waals surface area contributed by atoms with Gasteiger partial charge in [-0.05, 0) is 32.0 Å². The lowest BCUT2D eigenvalue weighted by molar-refractivity contribution is -0.141. The van der Waals surface area contributed by atoms with Crippen molar-refractivity contribution in [2.45, 2.75) is 26.6 Å². The Kier molecular flexibility index (Phi) is 5.20. The SMILES string of the molecule is Cc1cc(C(=O)COc2ccccc2C(N)=O)c(C)n1CC(F)(F)F. The predicted molar refractivity (Wildman–Crippen MR) is 84.7 cm³/mol. The van der Waals surface area contributed by atoms with Crippen LogP contribution in [-0.4, -0.2) is 29.0 Å². The smallest absolute Gasteiger partial charge is 0.406 e. The lowest BCUT2D eigenvalue weighted by Crippen LogP contribution is -2.20. The molecule has 5 nitrogen and oxygen atoms in total. The molecule has 0 unspecified atom stereocenters. The van der Waals surface area contributed by atoms with Gasteiger partial charge < -0.3 is 15.0 Å². The number of aromatic nitrogens is 1. The summed E-state index contributed by atoms with van der Waals surface area (Å²) in [5, 5.41) is 0. The summed E-state index contributed by atoms with van der Waals surface area (Å²) in [6.07, 6.45) is -4.38. The van der Waals surface area contributed by atoms with Crippen molar-refractivity contribution >= 4 is 11.7 Å². The van der Waals surface area contributed by atoms with Crippen LogP contribution in [0.15, 0.2) is 30.3 Å². The summed E-state index contributed by atoms with van der Waals surface area (Å²) >= 11 is 0. The molecule has 1 aromatic heterocycles. The molecule has 0 saturated heterocycles. The second-order valence-electron chi connectivity index (χ2n) is 5.56. The molecule has 0 spiro atoms. The van der Waals surface area contributed by atoms with Crippen LogP contribution in [0.25, 0.3) is 0 Å². The zero-order valence-electron chi connectivity index (χ0n) is 13.7. The van der Waals surface area contributed by atoms with Crippen molar-refractivity contribution in [1.29, 1.82) is 0 Å². The molecular formula is C17H17F3N2O3. The topological polar surface area (TPSA) is 74.3 Å². The number of Topliss-reactive ketones (excluding diaryl/α,β-unsaturated/α-hetero) is 1. The molecule has 0 fully saturated rings. The van der Waals surface area contributed by atoms with E-state index in [4.69, 9.17) is 10.5 Å². The molecule has 1 heterocycles. The van der Waals surface area contributed by atoms with Crippen LogP contribution in [0.2, 0.25) is 0 Å². The molecule has 2 rings (SSSR count). The number of benzene rings is 1. The molecule has 8 heteroatoms. The average Bonchev–Trinajstić information content (AvgIpc) is 2.79. The van der Waals surface area contributed by atoms with Gasteiger partial charge in [-0.15, -0.1) is 0 Å². The number of aryl methyl sites for hydroxylation is 1. The Hall–Kier alpha value is -2.77. The maximum Gasteiger partial charge on any atom is 0.406 e. The zero-order chi connectivity index (χ0) is 18.8. The van der Waals surface area contributed by atoms with E-state index in [-0.39, 0.29) is 22.6 Å². The molecule has 2 aromatic rings. The van der Waals surface area contributed by atoms with Gasteiger partial charge in [0.25, 0.3) is 5.91 Å². The molecule has 0 bridgehead atoms. The summed E-state index contributed by atoms with van der Waals surface area (Å²) in [7, 11) is 0. The molecule has 0 radical (unpaired) electrons. The highest BCUT2D eigenvalue weighted by molar-refractivity contribution is 5.99. The number of carbonyl (C=O) groups excluding carboxylic acids is 2. The number of ketones is 1. The van der Waals surface area contributed by atoms with Gasteiger partial charge in [0.15, 0.2) is 6.61 Å². The molecule has 0 aliphatic heterocycles. The number of primary amides is 1. The fourth-order valence-electron chi connectivity index (χ4n) is 2.52. The number of nitrogens with two attached hydrogens (primary N) is 1. The first-order valence-electron chi connectivity index (χ1n) is 7.38. The van der Waals surface area contributed by atoms with Crippen LogP contribution >= 0.6 is 0 Å². The van der Waals surface area contributed by atoms with E-state index in [0.29, 0.717) is 5.69 Å². The Labute approximate surface area is 142 Å². The first-order valence-corrected chi connectivity index (χ1v) is 7.38. The first-order chi connectivity index (χ1) is 11.6. The van der Waals surface area contributed by atoms with Gasteiger partial charge in [0.2, 0.25) is 5.78 Å². The summed E-state index contributed by atoms with van der Waals surface area (Å²) in [6, 6.07) is 7.55. The van der Waals surface area contributed by atoms with Crippen molar-refractivity contribution in [3.63, 3.8) is 0 Å². The predicted octanol–water partition coefficient (Wildman–Crippen LogP) is 3.03. The number of rotatable bonds is 6. The van der Waals surface area contributed by atoms with Gasteiger partial charge in [-0.3, -0.25) is 9.59 Å². The van der Waals surface area contributed by atoms with E-state index in [1.54, 1.807) is 12.1 Å². The number of hydrogen-bond acceptors (Lipinski definition) is 3. The first kappa shape index (κ1) is 18.6. The van der Waals surface area contributed by atoms with Crippen molar-refractivity contribution in [2.75, 3.05) is 6.61 Å². The van der Waals surface area contributed by atoms with Crippen LogP contribution in [0.5, 0.6) is 5.75 Å². The molecule has 1 aromatic carbocycles. The number of hydrogen-bond donors (Lipinski definition) is 1. The third-order valence-electron chi connectivity index (χ3n) is 3.72. The Morgan fingerprint density at radius 1 is 1.16 bits per heavy atom. The third kappa shape index (κ3) is 4.40. The van der Waals surface area contributed by atoms with E-state index >= 15 is 0 Å². The van der Waals surface area contributed by atoms with Crippen LogP contribution in [-0.2, 0) is 6.54 Å². The Morgan fingerprint density at radius 3 is 2.40 bits per heavy atom. The Bertz CT molecular complexity index is 810. The molecule has 0 saturated carbocycles. The van der Waals surface area contributed by atoms with Crippen LogP contribution in [0.1, 0.15) is 32.1 Å². The summed E-state index contributed by atoms with van der Waals surface area (Å²) in [4.78, 5) is 23.6. The number of amides is 1. The maximum atomic E-state index is 12.6. The second kappa shape index (κ2) is 7.00. The van der Waals surface area contributed by atoms with Gasteiger partial charge in [0.05, 0.1) is 5.56 Å². The van der Waals surface area contributed by atoms with E-state index in [1.165, 1.54) is 32.0 Å². The van der Waals surface area contributed by atoms with Gasteiger partial charge in [-0.25, -0.2) is 0 Å². The lowest BCUT2D eigenvalue weighted by Gasteiger charge is -2.12. The van der Waals surface area contributed by atoms with Gasteiger partial charge in [-0.2, -0.15) is 13.2 Å². The number of para-hydroxylation sites is 1. The van der Waals surface area contributed by atoms with Gasteiger partial charge in [0, 0.05) is 17.0 Å². The van der Waals surface area contributed by atoms with Gasteiger partial charge in [0.1, 0.15) is 12.3 Å². The van der Waals surface area contributed by atoms with E-state index < -0.39 is 31.0 Å². The minimum absolute atomic E-state index is 0.123. The summed E-state index contributed by atoms with van der Waals surface area (Å²) in [5.41, 5.74) is 6.04. The average molecular weight is 354 g/mol. The standard InChI is InChI=1S/C17H17F3N2O3/c1-10-7-13(11(2)22(10)9-17(18,19)20)14(23)8-25-15-6-4-3-5-12(15)16(21)24/h3-7H,8-9H2,1-2H3,(H2,21,24). The van der Waals surface area contributed by atoms with Crippen LogP contribution < -0.4 is 10.5 Å². The van der Waals surface area contributed by atoms with E-state index in [9.17, 15) is 22.8 Å². The molecule has 1 amide bonds. The van der Waals surface area contributed by atoms with Gasteiger partial charge >= 0.3 is 6.18 Å². The van der Waals surface area contributed by atoms with Crippen LogP contribution in [0, 0.1) is 13.8 Å². The highest BCUT2D eigenvalue weighted by Crippen LogP contribution is 2.24. The normalized spacial score (nSPS) is 11.4. The second-order valence-corrected chi connectivity index (χ2v) is 5.56. The fourth-order valence-corrected chi connectivity index (χ4v) is 2.52. The van der Waals surface area contributed by atoms with Gasteiger partial charge in [-0.1, -0.05) is 12.1 Å². The van der Waals surface area contributed by atoms with E-state index in [2.05, 4.69) is 0 Å². The summed E-state index contributed by atoms with van der Waals surface area (Å²) in [6.45, 7) is 1.37. The van der Waals surface area contributed by atoms with Crippen LogP contribution in [0.3, 0.4) is 0 Å². The van der Waals surface area contributed by atoms with E-state index in [0.717, 1.165) is 4.57 Å². The molecule has 2 N–H and O–H groups in total. The molecule has 134 valence electrons. The number of alkyl halides is 3. The van der Waals surface area contributed by atoms with Crippen molar-refractivity contribution in [1.82, 2.24) is 4.57 Å². The quantitative estimate of drug-likeness (QED) is 0.811. The Balaban J connectivity index is 2.17.